The Morgan fingerprint density at radius 3 is 2.60 bits per heavy atom. The molecule has 2 rings (SSSR count). The van der Waals surface area contributed by atoms with Crippen molar-refractivity contribution in [3.05, 3.63) is 41.2 Å². The summed E-state index contributed by atoms with van der Waals surface area (Å²) >= 11 is 6.02. The molecule has 0 saturated carbocycles. The van der Waals surface area contributed by atoms with Crippen LogP contribution in [0.15, 0.2) is 30.5 Å². The molecule has 1 N–H and O–H groups in total. The van der Waals surface area contributed by atoms with Gasteiger partial charge in [-0.15, -0.1) is 0 Å². The van der Waals surface area contributed by atoms with Gasteiger partial charge in [0.15, 0.2) is 6.29 Å². The number of nitrogens with one attached hydrogen (secondary N) is 1. The van der Waals surface area contributed by atoms with Crippen molar-refractivity contribution in [2.24, 2.45) is 0 Å². The summed E-state index contributed by atoms with van der Waals surface area (Å²) in [7, 11) is 3.03. The van der Waals surface area contributed by atoms with E-state index >= 15 is 0 Å². The number of amides is 1. The largest absolute Gasteiger partial charge is 0.354 e. The van der Waals surface area contributed by atoms with Crippen molar-refractivity contribution in [2.45, 2.75) is 6.29 Å². The van der Waals surface area contributed by atoms with Crippen LogP contribution < -0.4 is 5.32 Å². The zero-order chi connectivity index (χ0) is 14.5. The summed E-state index contributed by atoms with van der Waals surface area (Å²) in [5, 5.41) is 4.63. The average molecular weight is 295 g/mol. The van der Waals surface area contributed by atoms with Gasteiger partial charge in [0, 0.05) is 25.8 Å². The average Bonchev–Trinajstić information content (AvgIpc) is 2.48. The minimum absolute atomic E-state index is 0.246. The van der Waals surface area contributed by atoms with Gasteiger partial charge in [0.05, 0.1) is 12.1 Å². The molecule has 0 aliphatic rings. The first kappa shape index (κ1) is 14.7. The summed E-state index contributed by atoms with van der Waals surface area (Å²) in [4.78, 5) is 16.2. The second kappa shape index (κ2) is 6.65. The summed E-state index contributed by atoms with van der Waals surface area (Å²) in [6.07, 6.45) is 0.986. The van der Waals surface area contributed by atoms with E-state index < -0.39 is 6.29 Å². The molecule has 106 valence electrons. The van der Waals surface area contributed by atoms with Crippen LogP contribution in [0.1, 0.15) is 10.4 Å². The maximum Gasteiger partial charge on any atom is 0.253 e. The predicted octanol–water partition coefficient (Wildman–Crippen LogP) is 2.24. The molecule has 20 heavy (non-hydrogen) atoms. The zero-order valence-corrected chi connectivity index (χ0v) is 12.0. The highest BCUT2D eigenvalue weighted by molar-refractivity contribution is 6.34. The van der Waals surface area contributed by atoms with Crippen LogP contribution in [0, 0.1) is 0 Å². The predicted molar refractivity (Wildman–Crippen MR) is 76.9 cm³/mol. The number of ether oxygens (including phenoxy) is 2. The van der Waals surface area contributed by atoms with Gasteiger partial charge in [-0.25, -0.2) is 4.98 Å². The Hall–Kier alpha value is -1.69. The zero-order valence-electron chi connectivity index (χ0n) is 11.2. The SMILES string of the molecule is COC(CNC(=O)c1cnc(Cl)c2ccccc12)OC. The van der Waals surface area contributed by atoms with Crippen molar-refractivity contribution in [3.63, 3.8) is 0 Å². The van der Waals surface area contributed by atoms with Gasteiger partial charge in [-0.05, 0) is 5.39 Å². The number of halogens is 1. The van der Waals surface area contributed by atoms with Gasteiger partial charge in [0.1, 0.15) is 5.15 Å². The minimum atomic E-state index is -0.481. The number of carbonyl (C=O) groups is 1. The van der Waals surface area contributed by atoms with Crippen molar-refractivity contribution in [3.8, 4) is 0 Å². The smallest absolute Gasteiger partial charge is 0.253 e. The Labute approximate surface area is 121 Å². The van der Waals surface area contributed by atoms with Crippen molar-refractivity contribution < 1.29 is 14.3 Å². The first-order valence-electron chi connectivity index (χ1n) is 6.04. The highest BCUT2D eigenvalue weighted by atomic mass is 35.5. The van der Waals surface area contributed by atoms with E-state index in [2.05, 4.69) is 10.3 Å². The van der Waals surface area contributed by atoms with Crippen molar-refractivity contribution >= 4 is 28.3 Å². The number of rotatable bonds is 5. The van der Waals surface area contributed by atoms with E-state index in [0.29, 0.717) is 10.7 Å². The van der Waals surface area contributed by atoms with Crippen molar-refractivity contribution in [2.75, 3.05) is 20.8 Å². The lowest BCUT2D eigenvalue weighted by Crippen LogP contribution is -2.34. The van der Waals surface area contributed by atoms with Gasteiger partial charge in [0.25, 0.3) is 5.91 Å². The van der Waals surface area contributed by atoms with Crippen LogP contribution in [0.25, 0.3) is 10.8 Å². The Morgan fingerprint density at radius 2 is 1.95 bits per heavy atom. The highest BCUT2D eigenvalue weighted by Gasteiger charge is 2.14. The molecular weight excluding hydrogens is 280 g/mol. The fourth-order valence-corrected chi connectivity index (χ4v) is 2.09. The maximum absolute atomic E-state index is 12.2. The molecule has 0 saturated heterocycles. The van der Waals surface area contributed by atoms with Crippen LogP contribution in [0.4, 0.5) is 0 Å². The molecule has 1 amide bonds. The lowest BCUT2D eigenvalue weighted by atomic mass is 10.1. The van der Waals surface area contributed by atoms with Crippen LogP contribution in [-0.2, 0) is 9.47 Å². The third-order valence-electron chi connectivity index (χ3n) is 2.95. The quantitative estimate of drug-likeness (QED) is 0.678. The fraction of sp³-hybridized carbons (Fsp3) is 0.286. The van der Waals surface area contributed by atoms with Gasteiger partial charge < -0.3 is 14.8 Å². The summed E-state index contributed by atoms with van der Waals surface area (Å²) in [6.45, 7) is 0.253. The number of aromatic nitrogens is 1. The first-order chi connectivity index (χ1) is 9.67. The van der Waals surface area contributed by atoms with E-state index in [1.165, 1.54) is 20.4 Å². The molecule has 0 unspecified atom stereocenters. The summed E-state index contributed by atoms with van der Waals surface area (Å²) < 4.78 is 10.0. The van der Waals surface area contributed by atoms with E-state index in [1.807, 2.05) is 24.3 Å². The molecule has 6 heteroatoms. The van der Waals surface area contributed by atoms with E-state index in [9.17, 15) is 4.79 Å². The molecule has 0 aliphatic carbocycles. The third kappa shape index (κ3) is 3.07. The number of hydrogen-bond acceptors (Lipinski definition) is 4. The van der Waals surface area contributed by atoms with Gasteiger partial charge in [-0.3, -0.25) is 4.79 Å². The number of fused-ring (bicyclic) bond motifs is 1. The lowest BCUT2D eigenvalue weighted by Gasteiger charge is -2.14. The number of pyridine rings is 1. The number of benzene rings is 1. The van der Waals surface area contributed by atoms with Gasteiger partial charge in [0.2, 0.25) is 0 Å². The lowest BCUT2D eigenvalue weighted by molar-refractivity contribution is -0.0974. The molecule has 0 fully saturated rings. The number of hydrogen-bond donors (Lipinski definition) is 1. The molecule has 5 nitrogen and oxygen atoms in total. The Morgan fingerprint density at radius 1 is 1.30 bits per heavy atom. The van der Waals surface area contributed by atoms with Crippen LogP contribution in [-0.4, -0.2) is 37.9 Å². The maximum atomic E-state index is 12.2. The Bertz CT molecular complexity index is 614. The molecule has 1 aromatic carbocycles. The molecule has 2 aromatic rings. The van der Waals surface area contributed by atoms with Crippen LogP contribution >= 0.6 is 11.6 Å². The normalized spacial score (nSPS) is 11.0. The van der Waals surface area contributed by atoms with Crippen LogP contribution in [0.3, 0.4) is 0 Å². The van der Waals surface area contributed by atoms with Crippen molar-refractivity contribution in [1.29, 1.82) is 0 Å². The second-order valence-electron chi connectivity index (χ2n) is 4.12. The molecule has 0 atom stereocenters. The van der Waals surface area contributed by atoms with E-state index in [0.717, 1.165) is 10.8 Å². The van der Waals surface area contributed by atoms with E-state index in [-0.39, 0.29) is 12.5 Å². The summed E-state index contributed by atoms with van der Waals surface area (Å²) in [5.41, 5.74) is 0.468. The number of carbonyl (C=O) groups excluding carboxylic acids is 1. The third-order valence-corrected chi connectivity index (χ3v) is 3.25. The van der Waals surface area contributed by atoms with Crippen LogP contribution in [0.5, 0.6) is 0 Å². The fourth-order valence-electron chi connectivity index (χ4n) is 1.87. The number of nitrogens with zero attached hydrogens (tertiary/aromatic N) is 1. The van der Waals surface area contributed by atoms with Crippen molar-refractivity contribution in [1.82, 2.24) is 10.3 Å². The molecule has 1 aromatic heterocycles. The summed E-state index contributed by atoms with van der Waals surface area (Å²) in [6, 6.07) is 7.36. The minimum Gasteiger partial charge on any atom is -0.354 e. The molecule has 0 spiro atoms. The van der Waals surface area contributed by atoms with Gasteiger partial charge >= 0.3 is 0 Å². The first-order valence-corrected chi connectivity index (χ1v) is 6.42. The van der Waals surface area contributed by atoms with Gasteiger partial charge in [-0.1, -0.05) is 35.9 Å². The monoisotopic (exact) mass is 294 g/mol. The molecule has 1 heterocycles. The number of methoxy groups -OCH3 is 2. The molecule has 0 radical (unpaired) electrons. The Kier molecular flexibility index (Phi) is 4.89. The van der Waals surface area contributed by atoms with Crippen LogP contribution in [0.2, 0.25) is 5.15 Å². The standard InChI is InChI=1S/C14H15ClN2O3/c1-19-12(20-2)8-17-14(18)11-7-16-13(15)10-6-4-3-5-9(10)11/h3-7,12H,8H2,1-2H3,(H,17,18). The summed E-state index contributed by atoms with van der Waals surface area (Å²) in [5.74, 6) is -0.246. The molecule has 0 aliphatic heterocycles. The van der Waals surface area contributed by atoms with E-state index in [1.54, 1.807) is 0 Å². The van der Waals surface area contributed by atoms with E-state index in [4.69, 9.17) is 21.1 Å². The highest BCUT2D eigenvalue weighted by Crippen LogP contribution is 2.24. The topological polar surface area (TPSA) is 60.5 Å². The molecular formula is C14H15ClN2O3. The molecule has 0 bridgehead atoms. The Balaban J connectivity index is 2.25. The van der Waals surface area contributed by atoms with Gasteiger partial charge in [-0.2, -0.15) is 0 Å². The second-order valence-corrected chi connectivity index (χ2v) is 4.48.